The van der Waals surface area contributed by atoms with Crippen molar-refractivity contribution in [2.24, 2.45) is 0 Å². The number of aliphatic hydroxyl groups is 1. The van der Waals surface area contributed by atoms with Gasteiger partial charge in [-0.15, -0.1) is 0 Å². The number of carbonyl (C=O) groups excluding carboxylic acids is 1. The summed E-state index contributed by atoms with van der Waals surface area (Å²) in [5.41, 5.74) is 9.87. The summed E-state index contributed by atoms with van der Waals surface area (Å²) in [6.07, 6.45) is 2.19. The molecular weight excluding hydrogens is 643 g/mol. The van der Waals surface area contributed by atoms with Crippen LogP contribution in [-0.4, -0.2) is 33.2 Å². The lowest BCUT2D eigenvalue weighted by molar-refractivity contribution is -0.120. The molecule has 0 radical (unpaired) electrons. The zero-order valence-corrected chi connectivity index (χ0v) is 30.3. The zero-order valence-electron chi connectivity index (χ0n) is 30.3. The number of hydrogen-bond donors (Lipinski definition) is 4. The Morgan fingerprint density at radius 2 is 1.29 bits per heavy atom. The fraction of sp³-hybridized carbons (Fsp3) is 0.244. The molecular formula is C45H49N5O2. The lowest BCUT2D eigenvalue weighted by Gasteiger charge is -2.20. The van der Waals surface area contributed by atoms with E-state index >= 15 is 0 Å². The molecule has 0 saturated carbocycles. The molecule has 0 aliphatic carbocycles. The molecule has 52 heavy (non-hydrogen) atoms. The summed E-state index contributed by atoms with van der Waals surface area (Å²) < 4.78 is 2.10. The smallest absolute Gasteiger partial charge is 0.224 e. The first-order valence-electron chi connectivity index (χ1n) is 18.1. The maximum Gasteiger partial charge on any atom is 0.224 e. The molecule has 0 fully saturated rings. The molecule has 6 aromatic rings. The number of aliphatic hydroxyl groups excluding tert-OH is 1. The van der Waals surface area contributed by atoms with Crippen LogP contribution < -0.4 is 16.0 Å². The molecule has 2 aromatic heterocycles. The summed E-state index contributed by atoms with van der Waals surface area (Å²) in [5.74, 6) is 0.841. The van der Waals surface area contributed by atoms with E-state index in [0.717, 1.165) is 52.4 Å². The Bertz CT molecular complexity index is 1950. The van der Waals surface area contributed by atoms with Crippen molar-refractivity contribution in [1.82, 2.24) is 25.5 Å². The molecule has 0 aliphatic heterocycles. The minimum Gasteiger partial charge on any atom is -0.387 e. The highest BCUT2D eigenvalue weighted by Crippen LogP contribution is 2.23. The molecule has 4 aromatic carbocycles. The lowest BCUT2D eigenvalue weighted by Crippen LogP contribution is -2.32. The molecule has 2 heterocycles. The quantitative estimate of drug-likeness (QED) is 0.0845. The molecule has 0 aliphatic rings. The molecule has 4 N–H and O–H groups in total. The van der Waals surface area contributed by atoms with Gasteiger partial charge in [0, 0.05) is 48.8 Å². The second-order valence-electron chi connectivity index (χ2n) is 13.7. The summed E-state index contributed by atoms with van der Waals surface area (Å²) in [4.78, 5) is 17.5. The average Bonchev–Trinajstić information content (AvgIpc) is 3.51. The van der Waals surface area contributed by atoms with E-state index in [1.807, 2.05) is 36.4 Å². The summed E-state index contributed by atoms with van der Waals surface area (Å²) in [5, 5.41) is 21.1. The highest BCUT2D eigenvalue weighted by Gasteiger charge is 2.15. The summed E-state index contributed by atoms with van der Waals surface area (Å²) >= 11 is 0. The summed E-state index contributed by atoms with van der Waals surface area (Å²) in [7, 11) is 0. The van der Waals surface area contributed by atoms with E-state index in [0.29, 0.717) is 19.5 Å². The van der Waals surface area contributed by atoms with E-state index in [2.05, 4.69) is 143 Å². The van der Waals surface area contributed by atoms with Crippen molar-refractivity contribution in [2.75, 3.05) is 6.54 Å². The second kappa shape index (κ2) is 17.7. The number of amides is 1. The molecule has 0 saturated heterocycles. The Labute approximate surface area is 307 Å². The SMILES string of the molecule is Cc1ccc(C)n1-c1ccc([C@H](O)CN[C@H](C)Cc2cccc(CC(=O)NCc3ccc(CNC(c4ccccc4)c4ccccc4)cc3)c2)cn1. The molecule has 7 nitrogen and oxygen atoms in total. The number of aryl methyl sites for hydroxylation is 2. The first kappa shape index (κ1) is 36.5. The minimum atomic E-state index is -0.662. The number of benzene rings is 4. The number of nitrogens with one attached hydrogen (secondary N) is 3. The minimum absolute atomic E-state index is 0.00697. The van der Waals surface area contributed by atoms with Crippen LogP contribution >= 0.6 is 0 Å². The van der Waals surface area contributed by atoms with Crippen molar-refractivity contribution < 1.29 is 9.90 Å². The Morgan fingerprint density at radius 1 is 0.673 bits per heavy atom. The third-order valence-electron chi connectivity index (χ3n) is 9.50. The number of pyridine rings is 1. The summed E-state index contributed by atoms with van der Waals surface area (Å²) in [6, 6.07) is 45.9. The highest BCUT2D eigenvalue weighted by atomic mass is 16.3. The van der Waals surface area contributed by atoms with E-state index in [1.54, 1.807) is 6.20 Å². The van der Waals surface area contributed by atoms with Crippen LogP contribution in [0, 0.1) is 13.8 Å². The van der Waals surface area contributed by atoms with Gasteiger partial charge in [-0.3, -0.25) is 4.79 Å². The first-order chi connectivity index (χ1) is 25.3. The normalized spacial score (nSPS) is 12.5. The van der Waals surface area contributed by atoms with Crippen LogP contribution in [0.3, 0.4) is 0 Å². The van der Waals surface area contributed by atoms with Gasteiger partial charge in [0.15, 0.2) is 0 Å². The van der Waals surface area contributed by atoms with Crippen LogP contribution in [-0.2, 0) is 30.7 Å². The molecule has 266 valence electrons. The first-order valence-corrected chi connectivity index (χ1v) is 18.1. The fourth-order valence-electron chi connectivity index (χ4n) is 6.64. The topological polar surface area (TPSA) is 91.2 Å². The van der Waals surface area contributed by atoms with Gasteiger partial charge in [0.1, 0.15) is 5.82 Å². The number of nitrogens with zero attached hydrogens (tertiary/aromatic N) is 2. The highest BCUT2D eigenvalue weighted by molar-refractivity contribution is 5.78. The largest absolute Gasteiger partial charge is 0.387 e. The fourth-order valence-corrected chi connectivity index (χ4v) is 6.64. The van der Waals surface area contributed by atoms with Gasteiger partial charge in [0.05, 0.1) is 18.6 Å². The van der Waals surface area contributed by atoms with Crippen LogP contribution in [0.25, 0.3) is 5.82 Å². The number of hydrogen-bond acceptors (Lipinski definition) is 5. The van der Waals surface area contributed by atoms with E-state index in [-0.39, 0.29) is 18.0 Å². The summed E-state index contributed by atoms with van der Waals surface area (Å²) in [6.45, 7) is 7.86. The van der Waals surface area contributed by atoms with Gasteiger partial charge in [-0.2, -0.15) is 0 Å². The maximum atomic E-state index is 12.9. The van der Waals surface area contributed by atoms with Crippen molar-refractivity contribution in [1.29, 1.82) is 0 Å². The Balaban J connectivity index is 0.936. The predicted octanol–water partition coefficient (Wildman–Crippen LogP) is 7.48. The van der Waals surface area contributed by atoms with E-state index in [1.165, 1.54) is 16.7 Å². The molecule has 7 heteroatoms. The van der Waals surface area contributed by atoms with Crippen LogP contribution in [0.5, 0.6) is 0 Å². The van der Waals surface area contributed by atoms with Crippen molar-refractivity contribution >= 4 is 5.91 Å². The molecule has 0 bridgehead atoms. The van der Waals surface area contributed by atoms with Crippen molar-refractivity contribution in [3.8, 4) is 5.82 Å². The van der Waals surface area contributed by atoms with Gasteiger partial charge in [-0.25, -0.2) is 4.98 Å². The van der Waals surface area contributed by atoms with Gasteiger partial charge in [-0.1, -0.05) is 115 Å². The van der Waals surface area contributed by atoms with Gasteiger partial charge >= 0.3 is 0 Å². The van der Waals surface area contributed by atoms with Gasteiger partial charge in [-0.05, 0) is 78.8 Å². The molecule has 0 spiro atoms. The van der Waals surface area contributed by atoms with Crippen LogP contribution in [0.15, 0.2) is 140 Å². The van der Waals surface area contributed by atoms with Gasteiger partial charge in [0.25, 0.3) is 0 Å². The van der Waals surface area contributed by atoms with Crippen LogP contribution in [0.4, 0.5) is 0 Å². The third-order valence-corrected chi connectivity index (χ3v) is 9.50. The number of rotatable bonds is 16. The van der Waals surface area contributed by atoms with E-state index < -0.39 is 6.10 Å². The lowest BCUT2D eigenvalue weighted by atomic mass is 9.98. The van der Waals surface area contributed by atoms with E-state index in [4.69, 9.17) is 0 Å². The monoisotopic (exact) mass is 691 g/mol. The van der Waals surface area contributed by atoms with Crippen LogP contribution in [0.1, 0.15) is 69.4 Å². The van der Waals surface area contributed by atoms with Crippen LogP contribution in [0.2, 0.25) is 0 Å². The van der Waals surface area contributed by atoms with Crippen molar-refractivity contribution in [2.45, 2.75) is 64.9 Å². The van der Waals surface area contributed by atoms with Crippen molar-refractivity contribution in [3.63, 3.8) is 0 Å². The molecule has 1 amide bonds. The molecule has 0 unspecified atom stereocenters. The van der Waals surface area contributed by atoms with E-state index in [9.17, 15) is 9.90 Å². The molecule has 2 atom stereocenters. The maximum absolute atomic E-state index is 12.9. The third kappa shape index (κ3) is 9.92. The van der Waals surface area contributed by atoms with Crippen molar-refractivity contribution in [3.05, 3.63) is 190 Å². The molecule has 6 rings (SSSR count). The number of aromatic nitrogens is 2. The predicted molar refractivity (Wildman–Crippen MR) is 209 cm³/mol. The average molecular weight is 692 g/mol. The second-order valence-corrected chi connectivity index (χ2v) is 13.7. The zero-order chi connectivity index (χ0) is 36.3. The standard InChI is InChI=1S/C45H49N5O2/c1-32(46-31-42(51)41-23-24-43(47-30-41)50-33(2)17-18-34(50)3)25-37-11-10-12-38(26-37)27-44(52)48-28-35-19-21-36(22-20-35)29-49-45(39-13-6-4-7-14-39)40-15-8-5-9-16-40/h4-24,26,30,32,42,45-46,49,51H,25,27-29,31H2,1-3H3,(H,48,52)/t32-,42-/m1/s1. The van der Waals surface area contributed by atoms with Gasteiger partial charge in [0.2, 0.25) is 5.91 Å². The Morgan fingerprint density at radius 3 is 1.90 bits per heavy atom. The van der Waals surface area contributed by atoms with Gasteiger partial charge < -0.3 is 25.6 Å². The Hall–Kier alpha value is -5.34. The number of carbonyl (C=O) groups is 1. The Kier molecular flexibility index (Phi) is 12.4.